The number of hydrogen-bond acceptors (Lipinski definition) is 5. The van der Waals surface area contributed by atoms with E-state index in [1.54, 1.807) is 24.4 Å². The Morgan fingerprint density at radius 2 is 1.96 bits per heavy atom. The lowest BCUT2D eigenvalue weighted by molar-refractivity contribution is 0.370. The summed E-state index contributed by atoms with van der Waals surface area (Å²) in [7, 11) is -2.28. The summed E-state index contributed by atoms with van der Waals surface area (Å²) in [4.78, 5) is 4.37. The van der Waals surface area contributed by atoms with Gasteiger partial charge < -0.3 is 9.47 Å². The predicted octanol–water partition coefficient (Wildman–Crippen LogP) is 2.91. The van der Waals surface area contributed by atoms with Gasteiger partial charge in [-0.2, -0.15) is 4.72 Å². The number of rotatable bonds is 6. The minimum Gasteiger partial charge on any atom is -0.495 e. The summed E-state index contributed by atoms with van der Waals surface area (Å²) in [6, 6.07) is 14.4. The van der Waals surface area contributed by atoms with Crippen molar-refractivity contribution in [3.8, 4) is 23.3 Å². The Balaban J connectivity index is 1.56. The number of nitrogens with zero attached hydrogens (tertiary/aromatic N) is 1. The van der Waals surface area contributed by atoms with Crippen LogP contribution in [0.3, 0.4) is 0 Å². The molecule has 0 spiro atoms. The van der Waals surface area contributed by atoms with Gasteiger partial charge in [-0.05, 0) is 42.8 Å². The van der Waals surface area contributed by atoms with Crippen molar-refractivity contribution in [2.45, 2.75) is 11.8 Å². The molecule has 2 aromatic carbocycles. The number of pyridine rings is 1. The molecule has 3 aromatic rings. The molecule has 0 aliphatic heterocycles. The molecule has 0 bridgehead atoms. The average molecular weight is 396 g/mol. The Kier molecular flexibility index (Phi) is 6.14. The Hall–Kier alpha value is -3.08. The summed E-state index contributed by atoms with van der Waals surface area (Å²) in [5.41, 5.74) is 1.67. The fourth-order valence-electron chi connectivity index (χ4n) is 2.57. The molecule has 0 radical (unpaired) electrons. The highest BCUT2D eigenvalue weighted by atomic mass is 32.2. The molecule has 0 aliphatic rings. The number of benzene rings is 2. The normalized spacial score (nSPS) is 10.9. The van der Waals surface area contributed by atoms with Gasteiger partial charge in [-0.3, -0.25) is 4.98 Å². The molecule has 0 atom stereocenters. The minimum absolute atomic E-state index is 0.0257. The lowest BCUT2D eigenvalue weighted by Gasteiger charge is -2.10. The van der Waals surface area contributed by atoms with Crippen molar-refractivity contribution >= 4 is 20.9 Å². The first-order valence-corrected chi connectivity index (χ1v) is 10.1. The summed E-state index contributed by atoms with van der Waals surface area (Å²) in [5.74, 6) is 6.49. The van der Waals surface area contributed by atoms with E-state index in [9.17, 15) is 8.42 Å². The average Bonchev–Trinajstić information content (AvgIpc) is 2.70. The number of sulfonamides is 1. The number of methoxy groups -OCH3 is 1. The van der Waals surface area contributed by atoms with Crippen LogP contribution < -0.4 is 14.2 Å². The molecule has 144 valence electrons. The van der Waals surface area contributed by atoms with Gasteiger partial charge in [0.25, 0.3) is 0 Å². The van der Waals surface area contributed by atoms with E-state index in [1.807, 2.05) is 37.3 Å². The van der Waals surface area contributed by atoms with E-state index < -0.39 is 10.0 Å². The van der Waals surface area contributed by atoms with Gasteiger partial charge in [0.05, 0.1) is 19.2 Å². The van der Waals surface area contributed by atoms with Gasteiger partial charge in [-0.25, -0.2) is 8.42 Å². The van der Waals surface area contributed by atoms with Crippen molar-refractivity contribution in [1.82, 2.24) is 9.71 Å². The number of hydrogen-bond donors (Lipinski definition) is 1. The smallest absolute Gasteiger partial charge is 0.245 e. The molecule has 0 saturated carbocycles. The molecule has 0 unspecified atom stereocenters. The third-order valence-corrected chi connectivity index (χ3v) is 5.40. The van der Waals surface area contributed by atoms with Gasteiger partial charge in [-0.15, -0.1) is 0 Å². The van der Waals surface area contributed by atoms with Crippen molar-refractivity contribution in [3.63, 3.8) is 0 Å². The van der Waals surface area contributed by atoms with Gasteiger partial charge in [0.1, 0.15) is 23.0 Å². The molecule has 7 heteroatoms. The summed E-state index contributed by atoms with van der Waals surface area (Å²) in [6.07, 6.45) is 1.72. The molecule has 0 amide bonds. The van der Waals surface area contributed by atoms with Crippen LogP contribution in [-0.2, 0) is 10.0 Å². The molecular formula is C21H20N2O4S. The molecule has 1 heterocycles. The second-order valence-electron chi connectivity index (χ2n) is 5.98. The highest BCUT2D eigenvalue weighted by Crippen LogP contribution is 2.24. The Bertz CT molecular complexity index is 1150. The van der Waals surface area contributed by atoms with Crippen LogP contribution in [0.15, 0.2) is 59.6 Å². The maximum Gasteiger partial charge on any atom is 0.245 e. The van der Waals surface area contributed by atoms with Crippen LogP contribution in [0.5, 0.6) is 11.5 Å². The maximum absolute atomic E-state index is 12.4. The highest BCUT2D eigenvalue weighted by molar-refractivity contribution is 7.89. The molecular weight excluding hydrogens is 376 g/mol. The second-order valence-corrected chi connectivity index (χ2v) is 7.71. The molecule has 1 aromatic heterocycles. The maximum atomic E-state index is 12.4. The summed E-state index contributed by atoms with van der Waals surface area (Å²) < 4.78 is 38.0. The van der Waals surface area contributed by atoms with Gasteiger partial charge >= 0.3 is 0 Å². The largest absolute Gasteiger partial charge is 0.495 e. The predicted molar refractivity (Wildman–Crippen MR) is 108 cm³/mol. The monoisotopic (exact) mass is 396 g/mol. The van der Waals surface area contributed by atoms with Crippen LogP contribution in [0, 0.1) is 18.8 Å². The van der Waals surface area contributed by atoms with Crippen molar-refractivity contribution in [3.05, 3.63) is 60.3 Å². The number of ether oxygens (including phenoxy) is 2. The van der Waals surface area contributed by atoms with E-state index in [2.05, 4.69) is 21.5 Å². The fourth-order valence-corrected chi connectivity index (χ4v) is 3.75. The number of nitrogens with one attached hydrogen (secondary N) is 1. The zero-order valence-electron chi connectivity index (χ0n) is 15.6. The molecule has 1 N–H and O–H groups in total. The first-order valence-electron chi connectivity index (χ1n) is 8.57. The lowest BCUT2D eigenvalue weighted by atomic mass is 10.2. The molecule has 3 rings (SSSR count). The third kappa shape index (κ3) is 4.80. The van der Waals surface area contributed by atoms with Gasteiger partial charge in [0.15, 0.2) is 0 Å². The molecule has 0 saturated heterocycles. The van der Waals surface area contributed by atoms with Crippen LogP contribution in [0.25, 0.3) is 10.9 Å². The first kappa shape index (κ1) is 19.7. The molecule has 0 aliphatic carbocycles. The van der Waals surface area contributed by atoms with Gasteiger partial charge in [0.2, 0.25) is 10.0 Å². The topological polar surface area (TPSA) is 77.5 Å². The van der Waals surface area contributed by atoms with E-state index in [1.165, 1.54) is 7.11 Å². The molecule has 6 nitrogen and oxygen atoms in total. The van der Waals surface area contributed by atoms with Gasteiger partial charge in [0, 0.05) is 17.6 Å². The standard InChI is InChI=1S/C21H20N2O4S/c1-16-7-10-20(26-2)21(14-16)28(24,25)23-12-3-4-13-27-18-9-8-17-6-5-11-22-19(17)15-18/h5-11,14-15,23H,12-13H2,1-2H3. The van der Waals surface area contributed by atoms with Crippen LogP contribution in [-0.4, -0.2) is 33.7 Å². The van der Waals surface area contributed by atoms with Crippen molar-refractivity contribution in [1.29, 1.82) is 0 Å². The zero-order valence-corrected chi connectivity index (χ0v) is 16.4. The minimum atomic E-state index is -3.72. The van der Waals surface area contributed by atoms with Crippen molar-refractivity contribution < 1.29 is 17.9 Å². The Labute approximate surface area is 164 Å². The third-order valence-electron chi connectivity index (χ3n) is 3.97. The number of aromatic nitrogens is 1. The lowest BCUT2D eigenvalue weighted by Crippen LogP contribution is -2.24. The first-order chi connectivity index (χ1) is 13.5. The van der Waals surface area contributed by atoms with Crippen molar-refractivity contribution in [2.24, 2.45) is 0 Å². The second kappa shape index (κ2) is 8.74. The van der Waals surface area contributed by atoms with Crippen LogP contribution in [0.1, 0.15) is 5.56 Å². The highest BCUT2D eigenvalue weighted by Gasteiger charge is 2.18. The summed E-state index contributed by atoms with van der Waals surface area (Å²) in [6.45, 7) is 1.94. The van der Waals surface area contributed by atoms with Crippen LogP contribution in [0.4, 0.5) is 0 Å². The van der Waals surface area contributed by atoms with E-state index >= 15 is 0 Å². The Morgan fingerprint density at radius 1 is 1.11 bits per heavy atom. The summed E-state index contributed by atoms with van der Waals surface area (Å²) >= 11 is 0. The summed E-state index contributed by atoms with van der Waals surface area (Å²) in [5, 5.41) is 1.03. The van der Waals surface area contributed by atoms with Crippen LogP contribution in [0.2, 0.25) is 0 Å². The van der Waals surface area contributed by atoms with Gasteiger partial charge in [-0.1, -0.05) is 24.0 Å². The van der Waals surface area contributed by atoms with Crippen molar-refractivity contribution in [2.75, 3.05) is 20.3 Å². The SMILES string of the molecule is COc1ccc(C)cc1S(=O)(=O)NCC#CCOc1ccc2cccnc2c1. The zero-order chi connectivity index (χ0) is 20.0. The molecule has 28 heavy (non-hydrogen) atoms. The Morgan fingerprint density at radius 3 is 2.79 bits per heavy atom. The van der Waals surface area contributed by atoms with E-state index in [-0.39, 0.29) is 18.0 Å². The quantitative estimate of drug-likeness (QED) is 0.649. The van der Waals surface area contributed by atoms with Crippen LogP contribution >= 0.6 is 0 Å². The number of fused-ring (bicyclic) bond motifs is 1. The van der Waals surface area contributed by atoms with E-state index in [0.717, 1.165) is 16.5 Å². The van der Waals surface area contributed by atoms with E-state index in [4.69, 9.17) is 9.47 Å². The fraction of sp³-hybridized carbons (Fsp3) is 0.190. The van der Waals surface area contributed by atoms with E-state index in [0.29, 0.717) is 11.5 Å². The number of aryl methyl sites for hydroxylation is 1. The molecule has 0 fully saturated rings.